The van der Waals surface area contributed by atoms with Gasteiger partial charge in [-0.1, -0.05) is 25.1 Å². The van der Waals surface area contributed by atoms with Crippen molar-refractivity contribution in [3.63, 3.8) is 0 Å². The predicted octanol–water partition coefficient (Wildman–Crippen LogP) is 2.13. The summed E-state index contributed by atoms with van der Waals surface area (Å²) in [7, 11) is 0. The molecule has 1 atom stereocenters. The number of benzene rings is 1. The van der Waals surface area contributed by atoms with Crippen LogP contribution in [-0.2, 0) is 16.0 Å². The minimum absolute atomic E-state index is 0.116. The van der Waals surface area contributed by atoms with Gasteiger partial charge in [0.15, 0.2) is 0 Å². The lowest BCUT2D eigenvalue weighted by Crippen LogP contribution is -2.41. The van der Waals surface area contributed by atoms with Crippen LogP contribution in [0.2, 0.25) is 0 Å². The quantitative estimate of drug-likeness (QED) is 0.847. The first kappa shape index (κ1) is 16.5. The topological polar surface area (TPSA) is 49.4 Å². The van der Waals surface area contributed by atoms with E-state index in [1.54, 1.807) is 23.1 Å². The lowest BCUT2D eigenvalue weighted by Gasteiger charge is -2.30. The van der Waals surface area contributed by atoms with Gasteiger partial charge in [-0.05, 0) is 36.8 Å². The number of hydrogen-bond acceptors (Lipinski definition) is 2. The molecule has 22 heavy (non-hydrogen) atoms. The highest BCUT2D eigenvalue weighted by Crippen LogP contribution is 2.16. The summed E-state index contributed by atoms with van der Waals surface area (Å²) < 4.78 is 13.4. The Labute approximate surface area is 130 Å². The van der Waals surface area contributed by atoms with Crippen LogP contribution in [0, 0.1) is 11.7 Å². The molecule has 4 nitrogen and oxygen atoms in total. The van der Waals surface area contributed by atoms with Crippen LogP contribution in [0.4, 0.5) is 4.39 Å². The normalized spacial score (nSPS) is 18.1. The molecule has 1 fully saturated rings. The van der Waals surface area contributed by atoms with E-state index in [1.165, 1.54) is 6.07 Å². The maximum atomic E-state index is 13.4. The Bertz CT molecular complexity index is 533. The zero-order valence-electron chi connectivity index (χ0n) is 13.0. The number of halogens is 1. The van der Waals surface area contributed by atoms with Crippen molar-refractivity contribution in [2.45, 2.75) is 32.6 Å². The van der Waals surface area contributed by atoms with E-state index < -0.39 is 0 Å². The number of rotatable bonds is 5. The van der Waals surface area contributed by atoms with E-state index in [1.807, 2.05) is 0 Å². The van der Waals surface area contributed by atoms with Crippen molar-refractivity contribution in [3.05, 3.63) is 35.6 Å². The zero-order valence-corrected chi connectivity index (χ0v) is 13.0. The number of hydrogen-bond donors (Lipinski definition) is 1. The lowest BCUT2D eigenvalue weighted by molar-refractivity contribution is -0.137. The molecule has 0 bridgehead atoms. The summed E-state index contributed by atoms with van der Waals surface area (Å²) >= 11 is 0. The molecule has 1 saturated heterocycles. The van der Waals surface area contributed by atoms with Crippen molar-refractivity contribution in [1.29, 1.82) is 0 Å². The third kappa shape index (κ3) is 4.83. The minimum atomic E-state index is -0.292. The third-order valence-electron chi connectivity index (χ3n) is 4.00. The van der Waals surface area contributed by atoms with Gasteiger partial charge in [-0.2, -0.15) is 0 Å². The molecule has 1 unspecified atom stereocenters. The summed E-state index contributed by atoms with van der Waals surface area (Å²) in [6.07, 6.45) is 2.44. The van der Waals surface area contributed by atoms with Crippen LogP contribution in [0.5, 0.6) is 0 Å². The number of likely N-dealkylation sites (tertiary alicyclic amines) is 1. The number of nitrogens with one attached hydrogen (secondary N) is 1. The van der Waals surface area contributed by atoms with Crippen LogP contribution in [0.1, 0.15) is 31.7 Å². The van der Waals surface area contributed by atoms with E-state index in [-0.39, 0.29) is 24.1 Å². The van der Waals surface area contributed by atoms with Crippen LogP contribution >= 0.6 is 0 Å². The Hall–Kier alpha value is -1.91. The first-order valence-corrected chi connectivity index (χ1v) is 7.84. The Kier molecular flexibility index (Phi) is 5.92. The van der Waals surface area contributed by atoms with Crippen LogP contribution < -0.4 is 5.32 Å². The molecule has 1 N–H and O–H groups in total. The van der Waals surface area contributed by atoms with Gasteiger partial charge in [0.25, 0.3) is 0 Å². The van der Waals surface area contributed by atoms with Gasteiger partial charge in [-0.3, -0.25) is 9.59 Å². The van der Waals surface area contributed by atoms with Gasteiger partial charge in [0.2, 0.25) is 11.8 Å². The van der Waals surface area contributed by atoms with Gasteiger partial charge in [-0.25, -0.2) is 4.39 Å². The molecule has 1 aliphatic rings. The molecule has 0 radical (unpaired) electrons. The monoisotopic (exact) mass is 306 g/mol. The molecule has 0 spiro atoms. The van der Waals surface area contributed by atoms with Crippen LogP contribution in [-0.4, -0.2) is 36.3 Å². The summed E-state index contributed by atoms with van der Waals surface area (Å²) in [6.45, 7) is 3.93. The zero-order chi connectivity index (χ0) is 15.9. The van der Waals surface area contributed by atoms with E-state index in [9.17, 15) is 14.0 Å². The largest absolute Gasteiger partial charge is 0.355 e. The van der Waals surface area contributed by atoms with Crippen molar-refractivity contribution >= 4 is 11.8 Å². The Morgan fingerprint density at radius 1 is 1.36 bits per heavy atom. The SMILES string of the molecule is CC1CCCN(C(=O)CC(=O)NCCc2ccccc2F)C1. The fourth-order valence-corrected chi connectivity index (χ4v) is 2.77. The van der Waals surface area contributed by atoms with E-state index >= 15 is 0 Å². The number of carbonyl (C=O) groups is 2. The molecule has 1 heterocycles. The maximum absolute atomic E-state index is 13.4. The molecule has 1 aromatic rings. The molecular weight excluding hydrogens is 283 g/mol. The molecular formula is C17H23FN2O2. The van der Waals surface area contributed by atoms with Crippen molar-refractivity contribution in [1.82, 2.24) is 10.2 Å². The van der Waals surface area contributed by atoms with Gasteiger partial charge in [0.1, 0.15) is 12.2 Å². The van der Waals surface area contributed by atoms with Crippen molar-refractivity contribution in [2.75, 3.05) is 19.6 Å². The Morgan fingerprint density at radius 2 is 2.14 bits per heavy atom. The van der Waals surface area contributed by atoms with Crippen LogP contribution in [0.15, 0.2) is 24.3 Å². The average molecular weight is 306 g/mol. The first-order chi connectivity index (χ1) is 10.6. The fraction of sp³-hybridized carbons (Fsp3) is 0.529. The number of carbonyl (C=O) groups excluding carboxylic acids is 2. The number of nitrogens with zero attached hydrogens (tertiary/aromatic N) is 1. The minimum Gasteiger partial charge on any atom is -0.355 e. The van der Waals surface area contributed by atoms with Crippen molar-refractivity contribution in [3.8, 4) is 0 Å². The van der Waals surface area contributed by atoms with E-state index in [0.29, 0.717) is 24.4 Å². The van der Waals surface area contributed by atoms with E-state index in [2.05, 4.69) is 12.2 Å². The number of amides is 2. The van der Waals surface area contributed by atoms with Crippen LogP contribution in [0.3, 0.4) is 0 Å². The lowest BCUT2D eigenvalue weighted by atomic mass is 10.00. The second-order valence-corrected chi connectivity index (χ2v) is 5.96. The third-order valence-corrected chi connectivity index (χ3v) is 4.00. The molecule has 0 saturated carbocycles. The molecule has 120 valence electrons. The summed E-state index contributed by atoms with van der Waals surface area (Å²) in [5, 5.41) is 2.69. The second kappa shape index (κ2) is 7.92. The smallest absolute Gasteiger partial charge is 0.232 e. The summed E-state index contributed by atoms with van der Waals surface area (Å²) in [5.41, 5.74) is 0.569. The van der Waals surface area contributed by atoms with Gasteiger partial charge in [0.05, 0.1) is 0 Å². The Morgan fingerprint density at radius 3 is 2.86 bits per heavy atom. The van der Waals surface area contributed by atoms with Gasteiger partial charge in [-0.15, -0.1) is 0 Å². The molecule has 5 heteroatoms. The predicted molar refractivity (Wildman–Crippen MR) is 82.7 cm³/mol. The molecule has 0 aliphatic carbocycles. The molecule has 2 rings (SSSR count). The Balaban J connectivity index is 1.71. The van der Waals surface area contributed by atoms with Gasteiger partial charge >= 0.3 is 0 Å². The first-order valence-electron chi connectivity index (χ1n) is 7.84. The van der Waals surface area contributed by atoms with Crippen LogP contribution in [0.25, 0.3) is 0 Å². The van der Waals surface area contributed by atoms with Crippen molar-refractivity contribution in [2.24, 2.45) is 5.92 Å². The highest BCUT2D eigenvalue weighted by molar-refractivity contribution is 5.96. The van der Waals surface area contributed by atoms with Gasteiger partial charge < -0.3 is 10.2 Å². The summed E-state index contributed by atoms with van der Waals surface area (Å²) in [4.78, 5) is 25.6. The van der Waals surface area contributed by atoms with Crippen molar-refractivity contribution < 1.29 is 14.0 Å². The maximum Gasteiger partial charge on any atom is 0.232 e. The standard InChI is InChI=1S/C17H23FN2O2/c1-13-5-4-10-20(12-13)17(22)11-16(21)19-9-8-14-6-2-3-7-15(14)18/h2-3,6-7,13H,4-5,8-12H2,1H3,(H,19,21). The summed E-state index contributed by atoms with van der Waals surface area (Å²) in [5.74, 6) is -0.175. The highest BCUT2D eigenvalue weighted by atomic mass is 19.1. The van der Waals surface area contributed by atoms with Gasteiger partial charge in [0, 0.05) is 19.6 Å². The fourth-order valence-electron chi connectivity index (χ4n) is 2.77. The molecule has 1 aliphatic heterocycles. The average Bonchev–Trinajstić information content (AvgIpc) is 2.49. The molecule has 1 aromatic carbocycles. The summed E-state index contributed by atoms with van der Waals surface area (Å²) in [6, 6.07) is 6.50. The van der Waals surface area contributed by atoms with E-state index in [4.69, 9.17) is 0 Å². The highest BCUT2D eigenvalue weighted by Gasteiger charge is 2.22. The number of piperidine rings is 1. The van der Waals surface area contributed by atoms with E-state index in [0.717, 1.165) is 25.9 Å². The molecule has 0 aromatic heterocycles. The second-order valence-electron chi connectivity index (χ2n) is 5.96. The molecule has 2 amide bonds.